The van der Waals surface area contributed by atoms with E-state index in [1.54, 1.807) is 0 Å². The van der Waals surface area contributed by atoms with Gasteiger partial charge in [-0.15, -0.1) is 0 Å². The molecule has 2 aromatic heterocycles. The van der Waals surface area contributed by atoms with Crippen LogP contribution in [0.25, 0.3) is 5.65 Å². The van der Waals surface area contributed by atoms with E-state index in [4.69, 9.17) is 21.5 Å². The standard InChI is InChI=1S/C25H42N8O/c1-16(2)11-19(27)12-21(28-4)25(34)32-9-6-5-7-22(32)20-13-23-29-24(17(3)14-33(23)30-20)31-10-8-18(26)15-31/h13-14,16,18-19,21-22,28H,5-12,15,26-27H2,1-4H3/t18-,19?,21?,22-/m0/s1. The van der Waals surface area contributed by atoms with Crippen molar-refractivity contribution in [1.82, 2.24) is 24.8 Å². The van der Waals surface area contributed by atoms with Crippen LogP contribution in [-0.4, -0.2) is 70.2 Å². The highest BCUT2D eigenvalue weighted by molar-refractivity contribution is 5.82. The van der Waals surface area contributed by atoms with Gasteiger partial charge in [0.05, 0.1) is 17.8 Å². The lowest BCUT2D eigenvalue weighted by molar-refractivity contribution is -0.137. The maximum absolute atomic E-state index is 13.6. The van der Waals surface area contributed by atoms with Crippen molar-refractivity contribution in [3.8, 4) is 0 Å². The van der Waals surface area contributed by atoms with Gasteiger partial charge in [-0.3, -0.25) is 4.79 Å². The number of aromatic nitrogens is 3. The lowest BCUT2D eigenvalue weighted by atomic mass is 9.95. The smallest absolute Gasteiger partial charge is 0.240 e. The number of anilines is 1. The average molecular weight is 471 g/mol. The van der Waals surface area contributed by atoms with Crippen molar-refractivity contribution in [2.45, 2.75) is 83.5 Å². The first-order valence-corrected chi connectivity index (χ1v) is 12.9. The monoisotopic (exact) mass is 470 g/mol. The third kappa shape index (κ3) is 5.37. The summed E-state index contributed by atoms with van der Waals surface area (Å²) in [5.41, 5.74) is 15.3. The summed E-state index contributed by atoms with van der Waals surface area (Å²) in [4.78, 5) is 22.8. The summed E-state index contributed by atoms with van der Waals surface area (Å²) < 4.78 is 1.86. The molecule has 2 aliphatic heterocycles. The first-order chi connectivity index (χ1) is 16.3. The zero-order valence-electron chi connectivity index (χ0n) is 21.2. The van der Waals surface area contributed by atoms with E-state index in [9.17, 15) is 4.79 Å². The predicted octanol–water partition coefficient (Wildman–Crippen LogP) is 1.98. The predicted molar refractivity (Wildman–Crippen MR) is 136 cm³/mol. The molecule has 0 radical (unpaired) electrons. The van der Waals surface area contributed by atoms with Gasteiger partial charge in [-0.25, -0.2) is 9.50 Å². The summed E-state index contributed by atoms with van der Waals surface area (Å²) in [6, 6.07) is 1.94. The number of carbonyl (C=O) groups excluding carboxylic acids is 1. The van der Waals surface area contributed by atoms with Crippen LogP contribution in [0, 0.1) is 12.8 Å². The molecule has 0 spiro atoms. The molecule has 5 N–H and O–H groups in total. The Labute approximate surface area is 203 Å². The van der Waals surface area contributed by atoms with E-state index in [0.29, 0.717) is 12.3 Å². The molecule has 4 heterocycles. The molecule has 9 nitrogen and oxygen atoms in total. The molecule has 188 valence electrons. The van der Waals surface area contributed by atoms with Gasteiger partial charge < -0.3 is 26.6 Å². The number of nitrogens with two attached hydrogens (primary N) is 2. The highest BCUT2D eigenvalue weighted by Gasteiger charge is 2.34. The number of aryl methyl sites for hydroxylation is 1. The van der Waals surface area contributed by atoms with E-state index in [-0.39, 0.29) is 30.1 Å². The lowest BCUT2D eigenvalue weighted by Crippen LogP contribution is -2.50. The summed E-state index contributed by atoms with van der Waals surface area (Å²) in [5.74, 6) is 1.62. The highest BCUT2D eigenvalue weighted by Crippen LogP contribution is 2.32. The molecule has 1 amide bonds. The lowest BCUT2D eigenvalue weighted by Gasteiger charge is -2.37. The normalized spacial score (nSPS) is 23.1. The first-order valence-electron chi connectivity index (χ1n) is 12.9. The Hall–Kier alpha value is -2.23. The minimum atomic E-state index is -0.280. The van der Waals surface area contributed by atoms with Gasteiger partial charge in [-0.2, -0.15) is 5.10 Å². The number of carbonyl (C=O) groups is 1. The highest BCUT2D eigenvalue weighted by atomic mass is 16.2. The van der Waals surface area contributed by atoms with Gasteiger partial charge in [0, 0.05) is 49.5 Å². The Balaban J connectivity index is 1.56. The van der Waals surface area contributed by atoms with Crippen molar-refractivity contribution in [3.63, 3.8) is 0 Å². The van der Waals surface area contributed by atoms with Crippen LogP contribution < -0.4 is 21.7 Å². The third-order valence-corrected chi connectivity index (χ3v) is 7.23. The van der Waals surface area contributed by atoms with Gasteiger partial charge >= 0.3 is 0 Å². The van der Waals surface area contributed by atoms with Crippen LogP contribution in [0.2, 0.25) is 0 Å². The van der Waals surface area contributed by atoms with Crippen LogP contribution in [0.1, 0.15) is 69.7 Å². The molecule has 4 atom stereocenters. The van der Waals surface area contributed by atoms with Crippen molar-refractivity contribution in [1.29, 1.82) is 0 Å². The van der Waals surface area contributed by atoms with E-state index < -0.39 is 0 Å². The molecule has 2 fully saturated rings. The van der Waals surface area contributed by atoms with E-state index in [1.807, 2.05) is 28.7 Å². The van der Waals surface area contributed by atoms with Gasteiger partial charge in [-0.1, -0.05) is 13.8 Å². The van der Waals surface area contributed by atoms with Crippen molar-refractivity contribution in [2.24, 2.45) is 17.4 Å². The van der Waals surface area contributed by atoms with Crippen molar-refractivity contribution < 1.29 is 4.79 Å². The summed E-state index contributed by atoms with van der Waals surface area (Å²) in [5, 5.41) is 8.10. The Kier molecular flexibility index (Phi) is 7.74. The SMILES string of the molecule is CNC(CC(N)CC(C)C)C(=O)N1CCCC[C@H]1c1cc2nc(N3CC[C@H](N)C3)c(C)cn2n1. The number of rotatable bonds is 8. The number of likely N-dealkylation sites (tertiary alicyclic amines) is 1. The Morgan fingerprint density at radius 3 is 2.71 bits per heavy atom. The van der Waals surface area contributed by atoms with Gasteiger partial charge in [0.1, 0.15) is 5.82 Å². The number of amides is 1. The van der Waals surface area contributed by atoms with Crippen LogP contribution in [0.5, 0.6) is 0 Å². The van der Waals surface area contributed by atoms with Gasteiger partial charge in [0.25, 0.3) is 0 Å². The average Bonchev–Trinajstić information content (AvgIpc) is 3.41. The fourth-order valence-corrected chi connectivity index (χ4v) is 5.53. The first kappa shape index (κ1) is 24.9. The molecular weight excluding hydrogens is 428 g/mol. The van der Waals surface area contributed by atoms with Crippen LogP contribution >= 0.6 is 0 Å². The number of nitrogens with one attached hydrogen (secondary N) is 1. The molecule has 0 bridgehead atoms. The second-order valence-electron chi connectivity index (χ2n) is 10.6. The number of fused-ring (bicyclic) bond motifs is 1. The quantitative estimate of drug-likeness (QED) is 0.540. The summed E-state index contributed by atoms with van der Waals surface area (Å²) >= 11 is 0. The van der Waals surface area contributed by atoms with E-state index in [0.717, 1.165) is 74.5 Å². The fraction of sp³-hybridized carbons (Fsp3) is 0.720. The number of hydrogen-bond acceptors (Lipinski definition) is 7. The van der Waals surface area contributed by atoms with E-state index in [2.05, 4.69) is 31.0 Å². The van der Waals surface area contributed by atoms with Crippen molar-refractivity contribution in [3.05, 3.63) is 23.5 Å². The molecule has 2 saturated heterocycles. The van der Waals surface area contributed by atoms with E-state index >= 15 is 0 Å². The van der Waals surface area contributed by atoms with Crippen molar-refractivity contribution in [2.75, 3.05) is 31.6 Å². The van der Waals surface area contributed by atoms with Crippen molar-refractivity contribution >= 4 is 17.4 Å². The number of piperidine rings is 1. The number of nitrogens with zero attached hydrogens (tertiary/aromatic N) is 5. The van der Waals surface area contributed by atoms with Crippen LogP contribution in [0.3, 0.4) is 0 Å². The number of hydrogen-bond donors (Lipinski definition) is 3. The molecule has 0 saturated carbocycles. The molecule has 9 heteroatoms. The molecule has 0 aliphatic carbocycles. The molecular formula is C25H42N8O. The third-order valence-electron chi connectivity index (χ3n) is 7.23. The largest absolute Gasteiger partial charge is 0.355 e. The van der Waals surface area contributed by atoms with Crippen LogP contribution in [-0.2, 0) is 4.79 Å². The Morgan fingerprint density at radius 2 is 2.03 bits per heavy atom. The van der Waals surface area contributed by atoms with E-state index in [1.165, 1.54) is 0 Å². The minimum absolute atomic E-state index is 0.00383. The Bertz CT molecular complexity index is 989. The fourth-order valence-electron chi connectivity index (χ4n) is 5.53. The van der Waals surface area contributed by atoms with Crippen LogP contribution in [0.15, 0.2) is 12.3 Å². The van der Waals surface area contributed by atoms with Crippen LogP contribution in [0.4, 0.5) is 5.82 Å². The van der Waals surface area contributed by atoms with Gasteiger partial charge in [0.15, 0.2) is 5.65 Å². The number of likely N-dealkylation sites (N-methyl/N-ethyl adjacent to an activating group) is 1. The maximum atomic E-state index is 13.6. The zero-order valence-corrected chi connectivity index (χ0v) is 21.2. The topological polar surface area (TPSA) is 118 Å². The van der Waals surface area contributed by atoms with Gasteiger partial charge in [-0.05, 0) is 58.4 Å². The molecule has 4 rings (SSSR count). The summed E-state index contributed by atoms with van der Waals surface area (Å²) in [6.07, 6.45) is 7.60. The molecule has 2 unspecified atom stereocenters. The molecule has 2 aromatic rings. The molecule has 2 aliphatic rings. The maximum Gasteiger partial charge on any atom is 0.240 e. The minimum Gasteiger partial charge on any atom is -0.355 e. The molecule has 34 heavy (non-hydrogen) atoms. The Morgan fingerprint density at radius 1 is 1.24 bits per heavy atom. The van der Waals surface area contributed by atoms with Gasteiger partial charge in [0.2, 0.25) is 5.91 Å². The summed E-state index contributed by atoms with van der Waals surface area (Å²) in [7, 11) is 1.85. The molecule has 0 aromatic carbocycles. The second kappa shape index (κ2) is 10.6. The zero-order chi connectivity index (χ0) is 24.4. The second-order valence-corrected chi connectivity index (χ2v) is 10.6. The summed E-state index contributed by atoms with van der Waals surface area (Å²) in [6.45, 7) is 8.92.